The summed E-state index contributed by atoms with van der Waals surface area (Å²) in [4.78, 5) is 14.7. The van der Waals surface area contributed by atoms with Gasteiger partial charge in [-0.1, -0.05) is 17.7 Å². The van der Waals surface area contributed by atoms with Crippen LogP contribution in [0, 0.1) is 0 Å². The fraction of sp³-hybridized carbons (Fsp3) is 0.333. The average molecular weight is 418 g/mol. The van der Waals surface area contributed by atoms with Gasteiger partial charge < -0.3 is 15.0 Å². The first kappa shape index (κ1) is 20.4. The number of anilines is 2. The van der Waals surface area contributed by atoms with Crippen molar-refractivity contribution in [3.8, 4) is 5.75 Å². The molecule has 1 fully saturated rings. The van der Waals surface area contributed by atoms with E-state index >= 15 is 0 Å². The van der Waals surface area contributed by atoms with Gasteiger partial charge in [0.25, 0.3) is 5.91 Å². The molecule has 2 aromatic rings. The van der Waals surface area contributed by atoms with Gasteiger partial charge in [0.2, 0.25) is 0 Å². The summed E-state index contributed by atoms with van der Waals surface area (Å²) in [5.41, 5.74) is 2.24. The Balaban J connectivity index is 1.60. The van der Waals surface area contributed by atoms with E-state index in [1.807, 2.05) is 38.1 Å². The van der Waals surface area contributed by atoms with Crippen molar-refractivity contribution in [1.29, 1.82) is 0 Å². The van der Waals surface area contributed by atoms with Crippen LogP contribution in [-0.2, 0) is 0 Å². The van der Waals surface area contributed by atoms with Crippen molar-refractivity contribution in [2.24, 2.45) is 0 Å². The molecule has 1 amide bonds. The molecule has 3 rings (SSSR count). The molecule has 0 unspecified atom stereocenters. The number of carbonyl (C=O) groups excluding carboxylic acids is 1. The first-order chi connectivity index (χ1) is 13.4. The molecule has 7 heteroatoms. The molecule has 0 aromatic heterocycles. The SMILES string of the molecule is CC(C)Oc1cccc(C(=O)NC(=S)Nc2ccc(N3CCCC3)c(Cl)c2)c1. The topological polar surface area (TPSA) is 53.6 Å². The summed E-state index contributed by atoms with van der Waals surface area (Å²) >= 11 is 11.7. The van der Waals surface area contributed by atoms with Gasteiger partial charge >= 0.3 is 0 Å². The smallest absolute Gasteiger partial charge is 0.257 e. The van der Waals surface area contributed by atoms with Crippen LogP contribution in [0.25, 0.3) is 0 Å². The van der Waals surface area contributed by atoms with Crippen LogP contribution in [-0.4, -0.2) is 30.2 Å². The molecule has 0 atom stereocenters. The van der Waals surface area contributed by atoms with Crippen molar-refractivity contribution >= 4 is 46.2 Å². The maximum atomic E-state index is 12.5. The molecule has 0 spiro atoms. The Bertz CT molecular complexity index is 866. The highest BCUT2D eigenvalue weighted by Gasteiger charge is 2.16. The Morgan fingerprint density at radius 2 is 1.93 bits per heavy atom. The standard InChI is InChI=1S/C21H24ClN3O2S/c1-14(2)27-17-7-5-6-15(12-17)20(26)24-21(28)23-16-8-9-19(18(22)13-16)25-10-3-4-11-25/h5-9,12-14H,3-4,10-11H2,1-2H3,(H2,23,24,26,28). The molecular weight excluding hydrogens is 394 g/mol. The number of nitrogens with zero attached hydrogens (tertiary/aromatic N) is 1. The fourth-order valence-electron chi connectivity index (χ4n) is 3.12. The summed E-state index contributed by atoms with van der Waals surface area (Å²) in [5.74, 6) is 0.345. The van der Waals surface area contributed by atoms with Crippen LogP contribution in [0.5, 0.6) is 5.75 Å². The van der Waals surface area contributed by atoms with E-state index in [1.54, 1.807) is 18.2 Å². The van der Waals surface area contributed by atoms with Crippen molar-refractivity contribution < 1.29 is 9.53 Å². The quantitative estimate of drug-likeness (QED) is 0.681. The van der Waals surface area contributed by atoms with Gasteiger partial charge in [0.15, 0.2) is 5.11 Å². The number of nitrogens with one attached hydrogen (secondary N) is 2. The van der Waals surface area contributed by atoms with Crippen LogP contribution in [0.15, 0.2) is 42.5 Å². The number of hydrogen-bond acceptors (Lipinski definition) is 4. The highest BCUT2D eigenvalue weighted by molar-refractivity contribution is 7.80. The number of thiocarbonyl (C=S) groups is 1. The zero-order valence-corrected chi connectivity index (χ0v) is 17.6. The number of rotatable bonds is 5. The maximum absolute atomic E-state index is 12.5. The molecule has 0 aliphatic carbocycles. The second-order valence-corrected chi connectivity index (χ2v) is 7.78. The zero-order valence-electron chi connectivity index (χ0n) is 16.0. The summed E-state index contributed by atoms with van der Waals surface area (Å²) in [5, 5.41) is 6.58. The minimum Gasteiger partial charge on any atom is -0.491 e. The second-order valence-electron chi connectivity index (χ2n) is 6.96. The minimum atomic E-state index is -0.300. The van der Waals surface area contributed by atoms with Gasteiger partial charge in [-0.3, -0.25) is 10.1 Å². The molecule has 148 valence electrons. The molecule has 5 nitrogen and oxygen atoms in total. The monoisotopic (exact) mass is 417 g/mol. The highest BCUT2D eigenvalue weighted by atomic mass is 35.5. The number of benzene rings is 2. The maximum Gasteiger partial charge on any atom is 0.257 e. The summed E-state index contributed by atoms with van der Waals surface area (Å²) in [6.07, 6.45) is 2.42. The third kappa shape index (κ3) is 5.36. The van der Waals surface area contributed by atoms with Crippen molar-refractivity contribution in [2.75, 3.05) is 23.3 Å². The number of carbonyl (C=O) groups is 1. The van der Waals surface area contributed by atoms with Crippen LogP contribution in [0.3, 0.4) is 0 Å². The molecule has 1 aliphatic rings. The van der Waals surface area contributed by atoms with Crippen molar-refractivity contribution in [3.05, 3.63) is 53.1 Å². The molecule has 1 heterocycles. The van der Waals surface area contributed by atoms with Crippen molar-refractivity contribution in [2.45, 2.75) is 32.8 Å². The normalized spacial score (nSPS) is 13.5. The van der Waals surface area contributed by atoms with Crippen molar-refractivity contribution in [3.63, 3.8) is 0 Å². The van der Waals surface area contributed by atoms with Gasteiger partial charge in [0.05, 0.1) is 16.8 Å². The van der Waals surface area contributed by atoms with Crippen LogP contribution in [0.2, 0.25) is 5.02 Å². The van der Waals surface area contributed by atoms with E-state index in [2.05, 4.69) is 15.5 Å². The predicted molar refractivity (Wildman–Crippen MR) is 119 cm³/mol. The van der Waals surface area contributed by atoms with E-state index in [1.165, 1.54) is 12.8 Å². The van der Waals surface area contributed by atoms with Crippen LogP contribution in [0.1, 0.15) is 37.0 Å². The Hall–Kier alpha value is -2.31. The largest absolute Gasteiger partial charge is 0.491 e. The number of hydrogen-bond donors (Lipinski definition) is 2. The third-order valence-electron chi connectivity index (χ3n) is 4.35. The lowest BCUT2D eigenvalue weighted by atomic mass is 10.2. The van der Waals surface area contributed by atoms with E-state index < -0.39 is 0 Å². The van der Waals surface area contributed by atoms with Crippen LogP contribution >= 0.6 is 23.8 Å². The van der Waals surface area contributed by atoms with Crippen LogP contribution < -0.4 is 20.3 Å². The Morgan fingerprint density at radius 1 is 1.18 bits per heavy atom. The second kappa shape index (κ2) is 9.26. The van der Waals surface area contributed by atoms with E-state index in [4.69, 9.17) is 28.6 Å². The summed E-state index contributed by atoms with van der Waals surface area (Å²) < 4.78 is 5.63. The highest BCUT2D eigenvalue weighted by Crippen LogP contribution is 2.31. The Morgan fingerprint density at radius 3 is 2.61 bits per heavy atom. The molecule has 1 saturated heterocycles. The Labute approximate surface area is 176 Å². The molecule has 1 aliphatic heterocycles. The average Bonchev–Trinajstić information content (AvgIpc) is 3.15. The molecule has 0 saturated carbocycles. The first-order valence-electron chi connectivity index (χ1n) is 9.36. The molecule has 0 bridgehead atoms. The van der Waals surface area contributed by atoms with Crippen molar-refractivity contribution in [1.82, 2.24) is 5.32 Å². The Kier molecular flexibility index (Phi) is 6.75. The van der Waals surface area contributed by atoms with Gasteiger partial charge in [-0.25, -0.2) is 0 Å². The number of ether oxygens (including phenoxy) is 1. The minimum absolute atomic E-state index is 0.0364. The number of halogens is 1. The summed E-state index contributed by atoms with van der Waals surface area (Å²) in [7, 11) is 0. The predicted octanol–water partition coefficient (Wildman–Crippen LogP) is 4.85. The zero-order chi connectivity index (χ0) is 20.1. The number of amides is 1. The molecular formula is C21H24ClN3O2S. The van der Waals surface area contributed by atoms with Gasteiger partial charge in [-0.15, -0.1) is 0 Å². The lowest BCUT2D eigenvalue weighted by Crippen LogP contribution is -2.34. The van der Waals surface area contributed by atoms with E-state index in [9.17, 15) is 4.79 Å². The molecule has 28 heavy (non-hydrogen) atoms. The molecule has 2 aromatic carbocycles. The first-order valence-corrected chi connectivity index (χ1v) is 10.1. The summed E-state index contributed by atoms with van der Waals surface area (Å²) in [6, 6.07) is 12.7. The van der Waals surface area contributed by atoms with Gasteiger partial charge in [-0.2, -0.15) is 0 Å². The summed E-state index contributed by atoms with van der Waals surface area (Å²) in [6.45, 7) is 5.93. The van der Waals surface area contributed by atoms with Gasteiger partial charge in [0.1, 0.15) is 5.75 Å². The van der Waals surface area contributed by atoms with E-state index in [0.29, 0.717) is 16.3 Å². The van der Waals surface area contributed by atoms with E-state index in [0.717, 1.165) is 24.5 Å². The molecule has 0 radical (unpaired) electrons. The lowest BCUT2D eigenvalue weighted by molar-refractivity contribution is 0.0977. The third-order valence-corrected chi connectivity index (χ3v) is 4.85. The molecule has 2 N–H and O–H groups in total. The van der Waals surface area contributed by atoms with E-state index in [-0.39, 0.29) is 17.1 Å². The fourth-order valence-corrected chi connectivity index (χ4v) is 3.63. The van der Waals surface area contributed by atoms with Crippen LogP contribution in [0.4, 0.5) is 11.4 Å². The van der Waals surface area contributed by atoms with Gasteiger partial charge in [-0.05, 0) is 75.3 Å². The van der Waals surface area contributed by atoms with Gasteiger partial charge in [0, 0.05) is 24.3 Å². The lowest BCUT2D eigenvalue weighted by Gasteiger charge is -2.20.